The van der Waals surface area contributed by atoms with Gasteiger partial charge in [-0.2, -0.15) is 0 Å². The van der Waals surface area contributed by atoms with E-state index >= 15 is 0 Å². The van der Waals surface area contributed by atoms with Crippen LogP contribution in [0, 0.1) is 5.41 Å². The molecule has 2 nitrogen and oxygen atoms in total. The number of fused-ring (bicyclic) bond motifs is 1. The first-order chi connectivity index (χ1) is 8.96. The van der Waals surface area contributed by atoms with Crippen LogP contribution in [0.5, 0.6) is 0 Å². The monoisotopic (exact) mass is 292 g/mol. The maximum Gasteiger partial charge on any atom is 0.125 e. The van der Waals surface area contributed by atoms with Crippen molar-refractivity contribution in [2.24, 2.45) is 11.1 Å². The highest BCUT2D eigenvalue weighted by Gasteiger charge is 2.33. The van der Waals surface area contributed by atoms with Crippen molar-refractivity contribution in [3.63, 3.8) is 0 Å². The van der Waals surface area contributed by atoms with Crippen LogP contribution in [0.2, 0.25) is 5.02 Å². The molecule has 0 spiro atoms. The van der Waals surface area contributed by atoms with Crippen molar-refractivity contribution in [1.82, 2.24) is 4.98 Å². The largest absolute Gasteiger partial charge is 0.323 e. The molecular formula is C15H17ClN2S. The first-order valence-electron chi connectivity index (χ1n) is 6.46. The Kier molecular flexibility index (Phi) is 3.16. The summed E-state index contributed by atoms with van der Waals surface area (Å²) in [6.45, 7) is 4.51. The molecule has 1 heterocycles. The van der Waals surface area contributed by atoms with Crippen molar-refractivity contribution in [3.8, 4) is 10.6 Å². The van der Waals surface area contributed by atoms with Crippen LogP contribution >= 0.6 is 22.9 Å². The predicted molar refractivity (Wildman–Crippen MR) is 81.6 cm³/mol. The molecule has 1 aliphatic rings. The Balaban J connectivity index is 2.07. The lowest BCUT2D eigenvalue weighted by Crippen LogP contribution is -2.28. The van der Waals surface area contributed by atoms with E-state index in [1.165, 1.54) is 4.88 Å². The summed E-state index contributed by atoms with van der Waals surface area (Å²) in [7, 11) is 0. The molecule has 1 atom stereocenters. The molecule has 1 unspecified atom stereocenters. The molecule has 19 heavy (non-hydrogen) atoms. The van der Waals surface area contributed by atoms with Gasteiger partial charge in [0.2, 0.25) is 0 Å². The van der Waals surface area contributed by atoms with Gasteiger partial charge in [0.1, 0.15) is 5.01 Å². The van der Waals surface area contributed by atoms with Gasteiger partial charge in [0, 0.05) is 16.5 Å². The molecule has 2 N–H and O–H groups in total. The Morgan fingerprint density at radius 3 is 2.84 bits per heavy atom. The van der Waals surface area contributed by atoms with E-state index in [0.29, 0.717) is 0 Å². The quantitative estimate of drug-likeness (QED) is 0.844. The molecule has 1 aromatic carbocycles. The van der Waals surface area contributed by atoms with Crippen LogP contribution in [0.25, 0.3) is 10.6 Å². The maximum atomic E-state index is 6.29. The molecule has 2 aromatic rings. The highest BCUT2D eigenvalue weighted by Crippen LogP contribution is 2.44. The van der Waals surface area contributed by atoms with Gasteiger partial charge in [0.15, 0.2) is 0 Å². The summed E-state index contributed by atoms with van der Waals surface area (Å²) in [5.41, 5.74) is 8.69. The number of hydrogen-bond donors (Lipinski definition) is 1. The highest BCUT2D eigenvalue weighted by molar-refractivity contribution is 7.15. The zero-order valence-corrected chi connectivity index (χ0v) is 12.7. The second-order valence-electron chi connectivity index (χ2n) is 5.96. The van der Waals surface area contributed by atoms with Crippen molar-refractivity contribution in [1.29, 1.82) is 0 Å². The summed E-state index contributed by atoms with van der Waals surface area (Å²) in [5.74, 6) is 0. The number of benzene rings is 1. The van der Waals surface area contributed by atoms with Crippen LogP contribution in [0.4, 0.5) is 0 Å². The van der Waals surface area contributed by atoms with Crippen molar-refractivity contribution in [2.45, 2.75) is 32.7 Å². The molecular weight excluding hydrogens is 276 g/mol. The number of rotatable bonds is 1. The predicted octanol–water partition coefficient (Wildman–Crippen LogP) is 4.44. The number of nitrogens with zero attached hydrogens (tertiary/aromatic N) is 1. The normalized spacial score (nSPS) is 21.2. The fraction of sp³-hybridized carbons (Fsp3) is 0.400. The molecule has 100 valence electrons. The molecule has 0 bridgehead atoms. The summed E-state index contributed by atoms with van der Waals surface area (Å²) >= 11 is 7.94. The Morgan fingerprint density at radius 2 is 2.11 bits per heavy atom. The third-order valence-electron chi connectivity index (χ3n) is 3.59. The van der Waals surface area contributed by atoms with E-state index in [1.807, 2.05) is 24.3 Å². The molecule has 0 saturated carbocycles. The first-order valence-corrected chi connectivity index (χ1v) is 7.66. The number of halogens is 1. The first kappa shape index (κ1) is 13.1. The van der Waals surface area contributed by atoms with Crippen molar-refractivity contribution < 1.29 is 0 Å². The minimum absolute atomic E-state index is 0.104. The number of hydrogen-bond acceptors (Lipinski definition) is 3. The third-order valence-corrected chi connectivity index (χ3v) is 5.18. The van der Waals surface area contributed by atoms with Gasteiger partial charge < -0.3 is 5.73 Å². The minimum Gasteiger partial charge on any atom is -0.323 e. The summed E-state index contributed by atoms with van der Waals surface area (Å²) in [6, 6.07) is 7.96. The van der Waals surface area contributed by atoms with Gasteiger partial charge in [-0.15, -0.1) is 11.3 Å². The van der Waals surface area contributed by atoms with Crippen LogP contribution in [0.3, 0.4) is 0 Å². The van der Waals surface area contributed by atoms with Gasteiger partial charge in [-0.05, 0) is 24.3 Å². The topological polar surface area (TPSA) is 38.9 Å². The lowest BCUT2D eigenvalue weighted by Gasteiger charge is -2.32. The summed E-state index contributed by atoms with van der Waals surface area (Å²) in [4.78, 5) is 6.01. The van der Waals surface area contributed by atoms with Gasteiger partial charge in [0.25, 0.3) is 0 Å². The second kappa shape index (κ2) is 4.58. The summed E-state index contributed by atoms with van der Waals surface area (Å²) in [5, 5.41) is 1.74. The molecule has 0 amide bonds. The smallest absolute Gasteiger partial charge is 0.125 e. The Morgan fingerprint density at radius 1 is 1.37 bits per heavy atom. The summed E-state index contributed by atoms with van der Waals surface area (Å²) in [6.07, 6.45) is 2.02. The van der Waals surface area contributed by atoms with E-state index in [0.717, 1.165) is 34.1 Å². The molecule has 4 heteroatoms. The Labute approximate surface area is 122 Å². The molecule has 1 aromatic heterocycles. The van der Waals surface area contributed by atoms with Gasteiger partial charge >= 0.3 is 0 Å². The minimum atomic E-state index is 0.104. The van der Waals surface area contributed by atoms with E-state index in [4.69, 9.17) is 22.3 Å². The standard InChI is InChI=1S/C15H17ClN2S/c1-15(2)7-11(17)13-12(8-15)18-14(19-13)9-5-3-4-6-10(9)16/h3-6,11H,7-8,17H2,1-2H3. The third kappa shape index (κ3) is 2.42. The fourth-order valence-corrected chi connectivity index (χ4v) is 4.15. The fourth-order valence-electron chi connectivity index (χ4n) is 2.74. The SMILES string of the molecule is CC1(C)Cc2nc(-c3ccccc3Cl)sc2C(N)C1. The molecule has 0 fully saturated rings. The van der Waals surface area contributed by atoms with E-state index < -0.39 is 0 Å². The lowest BCUT2D eigenvalue weighted by molar-refractivity contribution is 0.282. The van der Waals surface area contributed by atoms with Crippen LogP contribution in [0.1, 0.15) is 36.9 Å². The maximum absolute atomic E-state index is 6.29. The Bertz CT molecular complexity index is 618. The van der Waals surface area contributed by atoms with Crippen molar-refractivity contribution >= 4 is 22.9 Å². The zero-order chi connectivity index (χ0) is 13.6. The molecule has 0 radical (unpaired) electrons. The van der Waals surface area contributed by atoms with Gasteiger partial charge in [-0.3, -0.25) is 0 Å². The van der Waals surface area contributed by atoms with E-state index in [2.05, 4.69) is 13.8 Å². The number of thiazole rings is 1. The summed E-state index contributed by atoms with van der Waals surface area (Å²) < 4.78 is 0. The lowest BCUT2D eigenvalue weighted by atomic mass is 9.77. The second-order valence-corrected chi connectivity index (χ2v) is 7.40. The van der Waals surface area contributed by atoms with E-state index in [9.17, 15) is 0 Å². The molecule has 0 aliphatic heterocycles. The highest BCUT2D eigenvalue weighted by atomic mass is 35.5. The number of aromatic nitrogens is 1. The van der Waals surface area contributed by atoms with Crippen LogP contribution in [-0.2, 0) is 6.42 Å². The average molecular weight is 293 g/mol. The average Bonchev–Trinajstić information content (AvgIpc) is 2.71. The van der Waals surface area contributed by atoms with Gasteiger partial charge in [-0.25, -0.2) is 4.98 Å². The van der Waals surface area contributed by atoms with Crippen molar-refractivity contribution in [3.05, 3.63) is 39.9 Å². The Hall–Kier alpha value is -0.900. The van der Waals surface area contributed by atoms with Crippen LogP contribution in [-0.4, -0.2) is 4.98 Å². The van der Waals surface area contributed by atoms with Gasteiger partial charge in [-0.1, -0.05) is 43.6 Å². The molecule has 0 saturated heterocycles. The van der Waals surface area contributed by atoms with Gasteiger partial charge in [0.05, 0.1) is 10.7 Å². The van der Waals surface area contributed by atoms with E-state index in [-0.39, 0.29) is 11.5 Å². The zero-order valence-electron chi connectivity index (χ0n) is 11.1. The van der Waals surface area contributed by atoms with Crippen molar-refractivity contribution in [2.75, 3.05) is 0 Å². The molecule has 1 aliphatic carbocycles. The van der Waals surface area contributed by atoms with Crippen LogP contribution in [0.15, 0.2) is 24.3 Å². The van der Waals surface area contributed by atoms with E-state index in [1.54, 1.807) is 11.3 Å². The molecule has 3 rings (SSSR count). The van der Waals surface area contributed by atoms with Crippen LogP contribution < -0.4 is 5.73 Å². The number of nitrogens with two attached hydrogens (primary N) is 1.